The van der Waals surface area contributed by atoms with Gasteiger partial charge in [0.2, 0.25) is 0 Å². The average molecular weight is 237 g/mol. The highest BCUT2D eigenvalue weighted by Crippen LogP contribution is 2.16. The molecular weight excluding hydrogens is 221 g/mol. The van der Waals surface area contributed by atoms with Crippen molar-refractivity contribution in [1.29, 1.82) is 0 Å². The molecule has 0 amide bonds. The second kappa shape index (κ2) is 7.32. The van der Waals surface area contributed by atoms with Gasteiger partial charge in [0.15, 0.2) is 0 Å². The molecule has 0 aliphatic rings. The minimum Gasteiger partial charge on any atom is -0.320 e. The summed E-state index contributed by atoms with van der Waals surface area (Å²) in [6, 6.07) is 5.09. The van der Waals surface area contributed by atoms with Crippen LogP contribution < -0.4 is 5.73 Å². The SMILES string of the molecule is CCCSCc1ccc(F)c(C#CCN)c1. The Morgan fingerprint density at radius 3 is 2.94 bits per heavy atom. The quantitative estimate of drug-likeness (QED) is 0.643. The average Bonchev–Trinajstić information content (AvgIpc) is 2.30. The van der Waals surface area contributed by atoms with Crippen molar-refractivity contribution in [3.05, 3.63) is 35.1 Å². The van der Waals surface area contributed by atoms with Gasteiger partial charge >= 0.3 is 0 Å². The van der Waals surface area contributed by atoms with Crippen LogP contribution >= 0.6 is 11.8 Å². The van der Waals surface area contributed by atoms with E-state index in [1.54, 1.807) is 6.07 Å². The molecular formula is C13H16FNS. The first-order chi connectivity index (χ1) is 7.77. The van der Waals surface area contributed by atoms with Crippen LogP contribution in [0.25, 0.3) is 0 Å². The van der Waals surface area contributed by atoms with Crippen molar-refractivity contribution in [2.75, 3.05) is 12.3 Å². The van der Waals surface area contributed by atoms with E-state index in [1.807, 2.05) is 17.8 Å². The summed E-state index contributed by atoms with van der Waals surface area (Å²) >= 11 is 1.85. The maximum Gasteiger partial charge on any atom is 0.138 e. The third kappa shape index (κ3) is 4.26. The van der Waals surface area contributed by atoms with Crippen LogP contribution in [-0.4, -0.2) is 12.3 Å². The largest absolute Gasteiger partial charge is 0.320 e. The number of hydrogen-bond acceptors (Lipinski definition) is 2. The number of benzene rings is 1. The van der Waals surface area contributed by atoms with Crippen LogP contribution in [0.5, 0.6) is 0 Å². The fourth-order valence-corrected chi connectivity index (χ4v) is 2.09. The van der Waals surface area contributed by atoms with Gasteiger partial charge in [0.1, 0.15) is 5.82 Å². The summed E-state index contributed by atoms with van der Waals surface area (Å²) in [6.45, 7) is 2.41. The number of rotatable bonds is 4. The second-order valence-electron chi connectivity index (χ2n) is 3.37. The van der Waals surface area contributed by atoms with Crippen molar-refractivity contribution < 1.29 is 4.39 Å². The van der Waals surface area contributed by atoms with Gasteiger partial charge in [0.25, 0.3) is 0 Å². The molecule has 0 fully saturated rings. The summed E-state index contributed by atoms with van der Waals surface area (Å²) in [5.74, 6) is 7.18. The highest BCUT2D eigenvalue weighted by molar-refractivity contribution is 7.98. The summed E-state index contributed by atoms with van der Waals surface area (Å²) in [5, 5.41) is 0. The highest BCUT2D eigenvalue weighted by Gasteiger charge is 2.01. The van der Waals surface area contributed by atoms with Gasteiger partial charge in [-0.15, -0.1) is 0 Å². The minimum absolute atomic E-state index is 0.258. The van der Waals surface area contributed by atoms with E-state index in [9.17, 15) is 4.39 Å². The van der Waals surface area contributed by atoms with E-state index >= 15 is 0 Å². The summed E-state index contributed by atoms with van der Waals surface area (Å²) in [4.78, 5) is 0. The van der Waals surface area contributed by atoms with Gasteiger partial charge in [-0.25, -0.2) is 4.39 Å². The van der Waals surface area contributed by atoms with Crippen molar-refractivity contribution in [1.82, 2.24) is 0 Å². The van der Waals surface area contributed by atoms with Crippen molar-refractivity contribution in [2.45, 2.75) is 19.1 Å². The summed E-state index contributed by atoms with van der Waals surface area (Å²) in [5.41, 5.74) is 6.82. The van der Waals surface area contributed by atoms with Gasteiger partial charge in [-0.05, 0) is 29.9 Å². The van der Waals surface area contributed by atoms with E-state index < -0.39 is 0 Å². The first kappa shape index (κ1) is 13.1. The summed E-state index contributed by atoms with van der Waals surface area (Å²) < 4.78 is 13.3. The Bertz CT molecular complexity index is 393. The smallest absolute Gasteiger partial charge is 0.138 e. The lowest BCUT2D eigenvalue weighted by Crippen LogP contribution is -1.94. The Hall–Kier alpha value is -0.980. The lowest BCUT2D eigenvalue weighted by molar-refractivity contribution is 0.624. The lowest BCUT2D eigenvalue weighted by Gasteiger charge is -2.02. The number of hydrogen-bond donors (Lipinski definition) is 1. The van der Waals surface area contributed by atoms with E-state index in [0.29, 0.717) is 5.56 Å². The fraction of sp³-hybridized carbons (Fsp3) is 0.385. The molecule has 0 aromatic heterocycles. The van der Waals surface area contributed by atoms with Gasteiger partial charge in [-0.3, -0.25) is 0 Å². The summed E-state index contributed by atoms with van der Waals surface area (Å²) in [6.07, 6.45) is 1.16. The van der Waals surface area contributed by atoms with Crippen molar-refractivity contribution in [3.8, 4) is 11.8 Å². The lowest BCUT2D eigenvalue weighted by atomic mass is 10.1. The highest BCUT2D eigenvalue weighted by atomic mass is 32.2. The molecule has 2 N–H and O–H groups in total. The topological polar surface area (TPSA) is 26.0 Å². The third-order valence-electron chi connectivity index (χ3n) is 1.97. The van der Waals surface area contributed by atoms with E-state index in [1.165, 1.54) is 6.07 Å². The fourth-order valence-electron chi connectivity index (χ4n) is 1.24. The van der Waals surface area contributed by atoms with Gasteiger partial charge < -0.3 is 5.73 Å². The maximum atomic E-state index is 13.3. The molecule has 0 radical (unpaired) electrons. The number of nitrogens with two attached hydrogens (primary N) is 1. The molecule has 86 valence electrons. The molecule has 0 saturated carbocycles. The van der Waals surface area contributed by atoms with Gasteiger partial charge in [-0.2, -0.15) is 11.8 Å². The zero-order chi connectivity index (χ0) is 11.8. The molecule has 0 aliphatic heterocycles. The molecule has 1 nitrogen and oxygen atoms in total. The van der Waals surface area contributed by atoms with Crippen LogP contribution in [0.1, 0.15) is 24.5 Å². The molecule has 0 bridgehead atoms. The Morgan fingerprint density at radius 2 is 2.25 bits per heavy atom. The first-order valence-corrected chi connectivity index (χ1v) is 6.48. The molecule has 1 rings (SSSR count). The molecule has 0 heterocycles. The van der Waals surface area contributed by atoms with Crippen LogP contribution in [-0.2, 0) is 5.75 Å². The van der Waals surface area contributed by atoms with E-state index in [2.05, 4.69) is 18.8 Å². The van der Waals surface area contributed by atoms with E-state index in [4.69, 9.17) is 5.73 Å². The van der Waals surface area contributed by atoms with Gasteiger partial charge in [-0.1, -0.05) is 24.8 Å². The number of halogens is 1. The monoisotopic (exact) mass is 237 g/mol. The molecule has 0 atom stereocenters. The molecule has 0 unspecified atom stereocenters. The standard InChI is InChI=1S/C13H16FNS/c1-2-8-16-10-11-5-6-13(14)12(9-11)4-3-7-15/h5-6,9H,2,7-8,10,15H2,1H3. The van der Waals surface area contributed by atoms with Crippen molar-refractivity contribution in [2.24, 2.45) is 5.73 Å². The van der Waals surface area contributed by atoms with E-state index in [-0.39, 0.29) is 12.4 Å². The zero-order valence-electron chi connectivity index (χ0n) is 9.42. The Morgan fingerprint density at radius 1 is 1.44 bits per heavy atom. The predicted octanol–water partition coefficient (Wildman–Crippen LogP) is 2.78. The van der Waals surface area contributed by atoms with Crippen molar-refractivity contribution >= 4 is 11.8 Å². The van der Waals surface area contributed by atoms with Crippen LogP contribution in [0.2, 0.25) is 0 Å². The molecule has 1 aromatic carbocycles. The van der Waals surface area contributed by atoms with Crippen LogP contribution in [0.4, 0.5) is 4.39 Å². The predicted molar refractivity (Wildman–Crippen MR) is 68.8 cm³/mol. The van der Waals surface area contributed by atoms with Crippen LogP contribution in [0, 0.1) is 17.7 Å². The summed E-state index contributed by atoms with van der Waals surface area (Å²) in [7, 11) is 0. The number of thioether (sulfide) groups is 1. The molecule has 3 heteroatoms. The second-order valence-corrected chi connectivity index (χ2v) is 4.48. The Balaban J connectivity index is 2.73. The molecule has 0 spiro atoms. The normalized spacial score (nSPS) is 9.69. The zero-order valence-corrected chi connectivity index (χ0v) is 10.2. The van der Waals surface area contributed by atoms with Crippen molar-refractivity contribution in [3.63, 3.8) is 0 Å². The maximum absolute atomic E-state index is 13.3. The third-order valence-corrected chi connectivity index (χ3v) is 3.21. The molecule has 1 aromatic rings. The first-order valence-electron chi connectivity index (χ1n) is 5.33. The molecule has 0 aliphatic carbocycles. The Kier molecular flexibility index (Phi) is 5.99. The van der Waals surface area contributed by atoms with Gasteiger partial charge in [0.05, 0.1) is 12.1 Å². The van der Waals surface area contributed by atoms with Crippen LogP contribution in [0.3, 0.4) is 0 Å². The Labute approximate surface area is 101 Å². The minimum atomic E-state index is -0.273. The van der Waals surface area contributed by atoms with E-state index in [0.717, 1.165) is 23.5 Å². The molecule has 16 heavy (non-hydrogen) atoms. The molecule has 0 saturated heterocycles. The van der Waals surface area contributed by atoms with Gasteiger partial charge in [0, 0.05) is 5.75 Å². The van der Waals surface area contributed by atoms with Crippen LogP contribution in [0.15, 0.2) is 18.2 Å².